The van der Waals surface area contributed by atoms with Crippen molar-refractivity contribution in [3.8, 4) is 11.5 Å². The smallest absolute Gasteiger partial charge is 0.257 e. The van der Waals surface area contributed by atoms with Crippen LogP contribution in [0.15, 0.2) is 30.3 Å². The zero-order valence-corrected chi connectivity index (χ0v) is 17.4. The van der Waals surface area contributed by atoms with Crippen molar-refractivity contribution >= 4 is 54.1 Å². The number of rotatable bonds is 6. The number of carbonyl (C=O) groups is 1. The molecule has 8 heteroatoms. The lowest BCUT2D eigenvalue weighted by molar-refractivity contribution is 0.102. The van der Waals surface area contributed by atoms with Crippen molar-refractivity contribution in [2.45, 2.75) is 20.8 Å². The number of amides is 1. The van der Waals surface area contributed by atoms with Crippen molar-refractivity contribution in [1.29, 1.82) is 0 Å². The van der Waals surface area contributed by atoms with Gasteiger partial charge in [0.05, 0.1) is 38.7 Å². The van der Waals surface area contributed by atoms with Crippen molar-refractivity contribution in [1.82, 2.24) is 9.97 Å². The molecule has 0 spiro atoms. The average molecular weight is 414 g/mol. The first-order valence-electron chi connectivity index (χ1n) is 8.96. The molecule has 4 aromatic rings. The Hall–Kier alpha value is -2.71. The van der Waals surface area contributed by atoms with E-state index in [-0.39, 0.29) is 5.91 Å². The molecule has 2 heterocycles. The van der Waals surface area contributed by atoms with Crippen LogP contribution in [0.4, 0.5) is 5.13 Å². The normalized spacial score (nSPS) is 11.1. The van der Waals surface area contributed by atoms with E-state index in [4.69, 9.17) is 9.47 Å². The standard InChI is InChI=1S/C20H19N3O3S2/c1-4-25-15-9-6-12(10-16(15)26-5-2)19(24)23-20-22-14-8-7-13-17(18(14)28-20)27-11(3)21-13/h6-10H,4-5H2,1-3H3,(H,22,23,24). The molecule has 0 bridgehead atoms. The molecular weight excluding hydrogens is 394 g/mol. The molecule has 28 heavy (non-hydrogen) atoms. The van der Waals surface area contributed by atoms with Gasteiger partial charge >= 0.3 is 0 Å². The topological polar surface area (TPSA) is 73.3 Å². The SMILES string of the molecule is CCOc1ccc(C(=O)Nc2nc3ccc4nc(C)sc4c3s2)cc1OCC. The summed E-state index contributed by atoms with van der Waals surface area (Å²) < 4.78 is 13.3. The maximum absolute atomic E-state index is 12.7. The number of hydrogen-bond donors (Lipinski definition) is 1. The molecule has 1 amide bonds. The number of aromatic nitrogens is 2. The molecule has 2 aromatic heterocycles. The predicted octanol–water partition coefficient (Wildman–Crippen LogP) is 5.26. The van der Waals surface area contributed by atoms with E-state index in [1.165, 1.54) is 11.3 Å². The highest BCUT2D eigenvalue weighted by Crippen LogP contribution is 2.36. The zero-order valence-electron chi connectivity index (χ0n) is 15.7. The Bertz CT molecular complexity index is 1170. The summed E-state index contributed by atoms with van der Waals surface area (Å²) in [6.45, 7) is 6.81. The van der Waals surface area contributed by atoms with Gasteiger partial charge in [-0.15, -0.1) is 11.3 Å². The molecule has 0 atom stereocenters. The molecule has 0 unspecified atom stereocenters. The Morgan fingerprint density at radius 3 is 2.39 bits per heavy atom. The summed E-state index contributed by atoms with van der Waals surface area (Å²) >= 11 is 3.10. The number of nitrogens with zero attached hydrogens (tertiary/aromatic N) is 2. The quantitative estimate of drug-likeness (QED) is 0.466. The van der Waals surface area contributed by atoms with E-state index >= 15 is 0 Å². The third kappa shape index (κ3) is 3.53. The molecule has 0 saturated carbocycles. The second-order valence-electron chi connectivity index (χ2n) is 6.00. The Balaban J connectivity index is 1.62. The maximum Gasteiger partial charge on any atom is 0.257 e. The summed E-state index contributed by atoms with van der Waals surface area (Å²) in [4.78, 5) is 21.8. The second kappa shape index (κ2) is 7.73. The van der Waals surface area contributed by atoms with E-state index in [1.807, 2.05) is 32.9 Å². The maximum atomic E-state index is 12.7. The summed E-state index contributed by atoms with van der Waals surface area (Å²) in [6, 6.07) is 9.08. The van der Waals surface area contributed by atoms with Gasteiger partial charge in [0.2, 0.25) is 0 Å². The minimum Gasteiger partial charge on any atom is -0.490 e. The lowest BCUT2D eigenvalue weighted by Crippen LogP contribution is -2.12. The number of aryl methyl sites for hydroxylation is 1. The number of benzene rings is 2. The highest BCUT2D eigenvalue weighted by Gasteiger charge is 2.15. The largest absolute Gasteiger partial charge is 0.490 e. The summed E-state index contributed by atoms with van der Waals surface area (Å²) in [6.07, 6.45) is 0. The van der Waals surface area contributed by atoms with Gasteiger partial charge in [0.25, 0.3) is 5.91 Å². The summed E-state index contributed by atoms with van der Waals surface area (Å²) in [5.41, 5.74) is 2.31. The number of ether oxygens (including phenoxy) is 2. The third-order valence-electron chi connectivity index (χ3n) is 4.05. The van der Waals surface area contributed by atoms with Crippen LogP contribution in [-0.4, -0.2) is 29.1 Å². The fourth-order valence-electron chi connectivity index (χ4n) is 2.90. The van der Waals surface area contributed by atoms with Crippen molar-refractivity contribution < 1.29 is 14.3 Å². The van der Waals surface area contributed by atoms with Gasteiger partial charge < -0.3 is 9.47 Å². The van der Waals surface area contributed by atoms with Crippen molar-refractivity contribution in [2.24, 2.45) is 0 Å². The number of carbonyl (C=O) groups excluding carboxylic acids is 1. The molecule has 1 N–H and O–H groups in total. The highest BCUT2D eigenvalue weighted by molar-refractivity contribution is 7.28. The van der Waals surface area contributed by atoms with Crippen molar-refractivity contribution in [2.75, 3.05) is 18.5 Å². The number of thiazole rings is 2. The number of nitrogens with one attached hydrogen (secondary N) is 1. The molecule has 0 saturated heterocycles. The van der Waals surface area contributed by atoms with Gasteiger partial charge in [-0.3, -0.25) is 10.1 Å². The molecule has 144 valence electrons. The monoisotopic (exact) mass is 413 g/mol. The number of anilines is 1. The van der Waals surface area contributed by atoms with Crippen LogP contribution in [0.25, 0.3) is 20.4 Å². The Labute approximate surface area is 170 Å². The summed E-state index contributed by atoms with van der Waals surface area (Å²) in [5, 5.41) is 4.47. The summed E-state index contributed by atoms with van der Waals surface area (Å²) in [5.74, 6) is 0.951. The fourth-order valence-corrected chi connectivity index (χ4v) is 4.90. The average Bonchev–Trinajstić information content (AvgIpc) is 3.25. The van der Waals surface area contributed by atoms with Crippen LogP contribution >= 0.6 is 22.7 Å². The van der Waals surface area contributed by atoms with Gasteiger partial charge in [0.15, 0.2) is 16.6 Å². The van der Waals surface area contributed by atoms with Crippen molar-refractivity contribution in [3.05, 3.63) is 40.9 Å². The van der Waals surface area contributed by atoms with E-state index in [9.17, 15) is 4.79 Å². The molecule has 0 aliphatic carbocycles. The molecular formula is C20H19N3O3S2. The number of fused-ring (bicyclic) bond motifs is 3. The van der Waals surface area contributed by atoms with Gasteiger partial charge in [-0.2, -0.15) is 0 Å². The van der Waals surface area contributed by atoms with Gasteiger partial charge in [0.1, 0.15) is 0 Å². The van der Waals surface area contributed by atoms with Crippen LogP contribution in [0.5, 0.6) is 11.5 Å². The van der Waals surface area contributed by atoms with Crippen LogP contribution in [0.3, 0.4) is 0 Å². The fraction of sp³-hybridized carbons (Fsp3) is 0.250. The number of hydrogen-bond acceptors (Lipinski definition) is 7. The Morgan fingerprint density at radius 1 is 0.964 bits per heavy atom. The minimum atomic E-state index is -0.236. The Morgan fingerprint density at radius 2 is 1.64 bits per heavy atom. The minimum absolute atomic E-state index is 0.236. The molecule has 6 nitrogen and oxygen atoms in total. The second-order valence-corrected chi connectivity index (χ2v) is 8.20. The summed E-state index contributed by atoms with van der Waals surface area (Å²) in [7, 11) is 0. The van der Waals surface area contributed by atoms with Gasteiger partial charge in [-0.05, 0) is 51.1 Å². The van der Waals surface area contributed by atoms with E-state index in [0.717, 1.165) is 25.4 Å². The van der Waals surface area contributed by atoms with Crippen LogP contribution in [0.1, 0.15) is 29.2 Å². The first-order valence-corrected chi connectivity index (χ1v) is 10.6. The predicted molar refractivity (Wildman–Crippen MR) is 114 cm³/mol. The van der Waals surface area contributed by atoms with Crippen LogP contribution in [0.2, 0.25) is 0 Å². The molecule has 0 aliphatic rings. The van der Waals surface area contributed by atoms with E-state index < -0.39 is 0 Å². The van der Waals surface area contributed by atoms with Crippen molar-refractivity contribution in [3.63, 3.8) is 0 Å². The van der Waals surface area contributed by atoms with E-state index in [0.29, 0.717) is 35.4 Å². The van der Waals surface area contributed by atoms with Gasteiger partial charge in [-0.25, -0.2) is 9.97 Å². The van der Waals surface area contributed by atoms with E-state index in [2.05, 4.69) is 15.3 Å². The highest BCUT2D eigenvalue weighted by atomic mass is 32.1. The first-order chi connectivity index (χ1) is 13.6. The Kier molecular flexibility index (Phi) is 5.15. The zero-order chi connectivity index (χ0) is 19.7. The van der Waals surface area contributed by atoms with Crippen LogP contribution in [0, 0.1) is 6.92 Å². The first kappa shape index (κ1) is 18.6. The lowest BCUT2D eigenvalue weighted by Gasteiger charge is -2.12. The molecule has 4 rings (SSSR count). The van der Waals surface area contributed by atoms with Gasteiger partial charge in [-0.1, -0.05) is 11.3 Å². The molecule has 0 radical (unpaired) electrons. The van der Waals surface area contributed by atoms with Crippen LogP contribution in [-0.2, 0) is 0 Å². The van der Waals surface area contributed by atoms with Crippen LogP contribution < -0.4 is 14.8 Å². The van der Waals surface area contributed by atoms with Gasteiger partial charge in [0, 0.05) is 5.56 Å². The molecule has 0 fully saturated rings. The molecule has 0 aliphatic heterocycles. The third-order valence-corrected chi connectivity index (χ3v) is 6.18. The van der Waals surface area contributed by atoms with E-state index in [1.54, 1.807) is 29.5 Å². The molecule has 2 aromatic carbocycles. The lowest BCUT2D eigenvalue weighted by atomic mass is 10.2.